The first-order valence-electron chi connectivity index (χ1n) is 6.37. The Morgan fingerprint density at radius 2 is 1.75 bits per heavy atom. The van der Waals surface area contributed by atoms with Crippen LogP contribution in [0.15, 0.2) is 0 Å². The molecule has 0 amide bonds. The van der Waals surface area contributed by atoms with E-state index in [1.165, 1.54) is 0 Å². The molecule has 90 valence electrons. The Morgan fingerprint density at radius 3 is 2.25 bits per heavy atom. The summed E-state index contributed by atoms with van der Waals surface area (Å²) in [6, 6.07) is 0. The van der Waals surface area contributed by atoms with Gasteiger partial charge in [-0.1, -0.05) is 13.3 Å². The standard InChI is InChI=1S/C12H21N3O/c1-2-3-11-6-14-4-5-15(7-11)9-12(13,8-14)10(11)16/h2-9,13H2,1H3. The van der Waals surface area contributed by atoms with Gasteiger partial charge in [-0.25, -0.2) is 0 Å². The lowest BCUT2D eigenvalue weighted by Crippen LogP contribution is -2.74. The first kappa shape index (κ1) is 10.7. The van der Waals surface area contributed by atoms with Crippen molar-refractivity contribution < 1.29 is 4.79 Å². The van der Waals surface area contributed by atoms with Crippen LogP contribution in [0.3, 0.4) is 0 Å². The lowest BCUT2D eigenvalue weighted by atomic mass is 9.65. The number of nitrogens with zero attached hydrogens (tertiary/aromatic N) is 2. The monoisotopic (exact) mass is 223 g/mol. The fourth-order valence-corrected chi connectivity index (χ4v) is 4.03. The van der Waals surface area contributed by atoms with Gasteiger partial charge >= 0.3 is 0 Å². The fourth-order valence-electron chi connectivity index (χ4n) is 4.03. The van der Waals surface area contributed by atoms with Crippen molar-refractivity contribution in [2.45, 2.75) is 25.3 Å². The molecule has 0 radical (unpaired) electrons. The predicted molar refractivity (Wildman–Crippen MR) is 62.1 cm³/mol. The van der Waals surface area contributed by atoms with E-state index in [0.717, 1.165) is 52.1 Å². The van der Waals surface area contributed by atoms with Gasteiger partial charge in [-0.05, 0) is 6.42 Å². The number of ketones is 1. The second-order valence-electron chi connectivity index (χ2n) is 5.94. The van der Waals surface area contributed by atoms with E-state index < -0.39 is 5.54 Å². The molecule has 0 aliphatic carbocycles. The second kappa shape index (κ2) is 3.28. The predicted octanol–water partition coefficient (Wildman–Crippen LogP) is -0.316. The van der Waals surface area contributed by atoms with E-state index >= 15 is 0 Å². The van der Waals surface area contributed by atoms with Crippen molar-refractivity contribution in [1.82, 2.24) is 9.80 Å². The Balaban J connectivity index is 2.02. The van der Waals surface area contributed by atoms with E-state index in [0.29, 0.717) is 5.78 Å². The van der Waals surface area contributed by atoms with Gasteiger partial charge in [-0.15, -0.1) is 0 Å². The number of rotatable bonds is 2. The third kappa shape index (κ3) is 1.30. The molecule has 4 aliphatic rings. The number of fused-ring (bicyclic) bond motifs is 1. The molecule has 4 heteroatoms. The van der Waals surface area contributed by atoms with E-state index in [1.807, 2.05) is 0 Å². The van der Waals surface area contributed by atoms with Gasteiger partial charge in [-0.2, -0.15) is 0 Å². The SMILES string of the molecule is CCCC12CN3CCN(CC(N)(C3)C1=O)C2. The number of carbonyl (C=O) groups excluding carboxylic acids is 1. The van der Waals surface area contributed by atoms with Crippen LogP contribution in [0.25, 0.3) is 0 Å². The van der Waals surface area contributed by atoms with E-state index in [2.05, 4.69) is 16.7 Å². The van der Waals surface area contributed by atoms with Crippen LogP contribution in [0.5, 0.6) is 0 Å². The van der Waals surface area contributed by atoms with E-state index in [9.17, 15) is 4.79 Å². The maximum absolute atomic E-state index is 12.6. The first-order chi connectivity index (χ1) is 7.58. The Labute approximate surface area is 96.8 Å². The molecule has 2 atom stereocenters. The van der Waals surface area contributed by atoms with Crippen molar-refractivity contribution >= 4 is 5.78 Å². The van der Waals surface area contributed by atoms with Crippen LogP contribution < -0.4 is 5.73 Å². The van der Waals surface area contributed by atoms with Crippen molar-refractivity contribution in [2.75, 3.05) is 39.3 Å². The zero-order chi connectivity index (χ0) is 11.4. The van der Waals surface area contributed by atoms with Crippen LogP contribution in [-0.4, -0.2) is 60.4 Å². The molecule has 2 N–H and O–H groups in total. The minimum absolute atomic E-state index is 0.156. The lowest BCUT2D eigenvalue weighted by Gasteiger charge is -2.53. The summed E-state index contributed by atoms with van der Waals surface area (Å²) in [5.74, 6) is 0.344. The molecule has 4 aliphatic heterocycles. The Kier molecular flexibility index (Phi) is 2.19. The van der Waals surface area contributed by atoms with Gasteiger partial charge in [0.1, 0.15) is 5.54 Å². The molecule has 0 aromatic rings. The van der Waals surface area contributed by atoms with Crippen LogP contribution in [0.2, 0.25) is 0 Å². The number of carbonyl (C=O) groups is 1. The molecule has 4 saturated heterocycles. The lowest BCUT2D eigenvalue weighted by molar-refractivity contribution is -0.147. The molecule has 4 bridgehead atoms. The molecule has 4 nitrogen and oxygen atoms in total. The van der Waals surface area contributed by atoms with Crippen LogP contribution >= 0.6 is 0 Å². The molecule has 0 aromatic carbocycles. The summed E-state index contributed by atoms with van der Waals surface area (Å²) in [5.41, 5.74) is 5.61. The molecule has 0 spiro atoms. The van der Waals surface area contributed by atoms with Crippen molar-refractivity contribution in [3.8, 4) is 0 Å². The highest BCUT2D eigenvalue weighted by Gasteiger charge is 2.59. The van der Waals surface area contributed by atoms with E-state index in [4.69, 9.17) is 5.73 Å². The summed E-state index contributed by atoms with van der Waals surface area (Å²) in [7, 11) is 0. The average molecular weight is 223 g/mol. The number of nitrogens with two attached hydrogens (primary N) is 1. The highest BCUT2D eigenvalue weighted by molar-refractivity contribution is 5.96. The van der Waals surface area contributed by atoms with E-state index in [1.54, 1.807) is 0 Å². The summed E-state index contributed by atoms with van der Waals surface area (Å²) in [6.07, 6.45) is 2.07. The third-order valence-corrected chi connectivity index (χ3v) is 4.46. The summed E-state index contributed by atoms with van der Waals surface area (Å²) in [5, 5.41) is 0. The minimum atomic E-state index is -0.581. The maximum Gasteiger partial charge on any atom is 0.163 e. The zero-order valence-corrected chi connectivity index (χ0v) is 10.0. The molecular formula is C12H21N3O. The van der Waals surface area contributed by atoms with Crippen molar-refractivity contribution in [2.24, 2.45) is 11.1 Å². The molecule has 16 heavy (non-hydrogen) atoms. The van der Waals surface area contributed by atoms with Gasteiger partial charge < -0.3 is 5.73 Å². The van der Waals surface area contributed by atoms with Gasteiger partial charge in [0.05, 0.1) is 5.41 Å². The highest BCUT2D eigenvalue weighted by atomic mass is 16.1. The molecule has 0 aromatic heterocycles. The molecule has 0 saturated carbocycles. The molecule has 2 unspecified atom stereocenters. The zero-order valence-electron chi connectivity index (χ0n) is 10.0. The number of Topliss-reactive ketones (excluding diaryl/α,β-unsaturated/α-hetero) is 1. The molecule has 4 heterocycles. The normalized spacial score (nSPS) is 50.8. The van der Waals surface area contributed by atoms with E-state index in [-0.39, 0.29) is 5.41 Å². The van der Waals surface area contributed by atoms with Crippen molar-refractivity contribution in [3.63, 3.8) is 0 Å². The van der Waals surface area contributed by atoms with Crippen LogP contribution in [0.1, 0.15) is 19.8 Å². The van der Waals surface area contributed by atoms with Crippen LogP contribution in [0, 0.1) is 5.41 Å². The van der Waals surface area contributed by atoms with Gasteiger partial charge in [0.2, 0.25) is 0 Å². The Hall–Kier alpha value is -0.450. The third-order valence-electron chi connectivity index (χ3n) is 4.46. The smallest absolute Gasteiger partial charge is 0.163 e. The maximum atomic E-state index is 12.6. The second-order valence-corrected chi connectivity index (χ2v) is 5.94. The molecule has 4 rings (SSSR count). The average Bonchev–Trinajstić information content (AvgIpc) is 2.42. The minimum Gasteiger partial charge on any atom is -0.317 e. The number of piperidine rings is 2. The van der Waals surface area contributed by atoms with Crippen LogP contribution in [-0.2, 0) is 4.79 Å². The highest BCUT2D eigenvalue weighted by Crippen LogP contribution is 2.41. The van der Waals surface area contributed by atoms with Gasteiger partial charge in [-0.3, -0.25) is 14.6 Å². The Morgan fingerprint density at radius 1 is 1.19 bits per heavy atom. The quantitative estimate of drug-likeness (QED) is 0.697. The first-order valence-corrected chi connectivity index (χ1v) is 6.37. The van der Waals surface area contributed by atoms with Gasteiger partial charge in [0.25, 0.3) is 0 Å². The summed E-state index contributed by atoms with van der Waals surface area (Å²) in [6.45, 7) is 7.75. The van der Waals surface area contributed by atoms with Crippen LogP contribution in [0.4, 0.5) is 0 Å². The molecule has 4 fully saturated rings. The largest absolute Gasteiger partial charge is 0.317 e. The Bertz CT molecular complexity index is 312. The number of hydrogen-bond donors (Lipinski definition) is 1. The number of hydrogen-bond acceptors (Lipinski definition) is 4. The van der Waals surface area contributed by atoms with Gasteiger partial charge in [0.15, 0.2) is 5.78 Å². The van der Waals surface area contributed by atoms with Gasteiger partial charge in [0, 0.05) is 39.3 Å². The summed E-state index contributed by atoms with van der Waals surface area (Å²) < 4.78 is 0. The topological polar surface area (TPSA) is 49.6 Å². The fraction of sp³-hybridized carbons (Fsp3) is 0.917. The van der Waals surface area contributed by atoms with Crippen molar-refractivity contribution in [1.29, 1.82) is 0 Å². The van der Waals surface area contributed by atoms with Crippen molar-refractivity contribution in [3.05, 3.63) is 0 Å². The summed E-state index contributed by atoms with van der Waals surface area (Å²) >= 11 is 0. The summed E-state index contributed by atoms with van der Waals surface area (Å²) in [4.78, 5) is 17.4. The molecular weight excluding hydrogens is 202 g/mol.